The molecule has 0 radical (unpaired) electrons. The molecule has 6 nitrogen and oxygen atoms in total. The van der Waals surface area contributed by atoms with E-state index < -0.39 is 6.10 Å². The summed E-state index contributed by atoms with van der Waals surface area (Å²) in [5, 5.41) is 15.0. The van der Waals surface area contributed by atoms with Crippen LogP contribution in [0.4, 0.5) is 0 Å². The summed E-state index contributed by atoms with van der Waals surface area (Å²) >= 11 is 0. The molecule has 1 fully saturated rings. The third-order valence-corrected chi connectivity index (χ3v) is 2.53. The van der Waals surface area contributed by atoms with Gasteiger partial charge in [-0.25, -0.2) is 0 Å². The molecule has 2 atom stereocenters. The van der Waals surface area contributed by atoms with Gasteiger partial charge in [0.1, 0.15) is 0 Å². The lowest BCUT2D eigenvalue weighted by Gasteiger charge is -2.26. The van der Waals surface area contributed by atoms with Crippen LogP contribution in [-0.4, -0.2) is 60.6 Å². The number of amides is 2. The number of hydrogen-bond donors (Lipinski definition) is 3. The van der Waals surface area contributed by atoms with Crippen LogP contribution in [0.15, 0.2) is 0 Å². The van der Waals surface area contributed by atoms with Crippen LogP contribution >= 0.6 is 0 Å². The fourth-order valence-electron chi connectivity index (χ4n) is 1.56. The Hall–Kier alpha value is -1.14. The highest BCUT2D eigenvalue weighted by atomic mass is 16.3. The maximum absolute atomic E-state index is 11.6. The molecule has 1 rings (SSSR count). The largest absolute Gasteiger partial charge is 0.390 e. The maximum Gasteiger partial charge on any atom is 0.242 e. The third-order valence-electron chi connectivity index (χ3n) is 2.53. The van der Waals surface area contributed by atoms with Crippen molar-refractivity contribution < 1.29 is 14.7 Å². The second kappa shape index (κ2) is 5.09. The molecule has 0 bridgehead atoms. The van der Waals surface area contributed by atoms with E-state index in [1.54, 1.807) is 7.05 Å². The average molecular weight is 215 g/mol. The third kappa shape index (κ3) is 3.17. The Balaban J connectivity index is 2.41. The van der Waals surface area contributed by atoms with E-state index in [4.69, 9.17) is 0 Å². The van der Waals surface area contributed by atoms with Gasteiger partial charge < -0.3 is 20.6 Å². The number of likely N-dealkylation sites (N-methyl/N-ethyl adjacent to an activating group) is 1. The summed E-state index contributed by atoms with van der Waals surface area (Å²) in [5.74, 6) is -0.431. The first kappa shape index (κ1) is 11.9. The first-order valence-electron chi connectivity index (χ1n) is 4.91. The minimum absolute atomic E-state index is 0.0188. The molecule has 1 aliphatic heterocycles. The number of rotatable bonds is 3. The van der Waals surface area contributed by atoms with Crippen LogP contribution in [0.2, 0.25) is 0 Å². The van der Waals surface area contributed by atoms with Gasteiger partial charge in [-0.1, -0.05) is 0 Å². The molecule has 1 aliphatic rings. The Morgan fingerprint density at radius 3 is 2.67 bits per heavy atom. The summed E-state index contributed by atoms with van der Waals surface area (Å²) in [6.07, 6.45) is -0.531. The zero-order valence-corrected chi connectivity index (χ0v) is 8.99. The van der Waals surface area contributed by atoms with Gasteiger partial charge in [-0.2, -0.15) is 0 Å². The Bertz CT molecular complexity index is 257. The van der Waals surface area contributed by atoms with E-state index in [0.717, 1.165) is 0 Å². The van der Waals surface area contributed by atoms with Crippen LogP contribution in [0.25, 0.3) is 0 Å². The first-order valence-corrected chi connectivity index (χ1v) is 4.91. The van der Waals surface area contributed by atoms with Gasteiger partial charge in [-0.05, 0) is 0 Å². The molecule has 1 heterocycles. The number of aliphatic hydroxyl groups excluding tert-OH is 1. The molecule has 0 aliphatic carbocycles. The molecule has 2 unspecified atom stereocenters. The Labute approximate surface area is 88.6 Å². The molecule has 0 aromatic rings. The number of nitrogens with one attached hydrogen (secondary N) is 2. The van der Waals surface area contributed by atoms with Crippen LogP contribution < -0.4 is 10.6 Å². The number of carbonyl (C=O) groups excluding carboxylic acids is 2. The molecular weight excluding hydrogens is 198 g/mol. The van der Waals surface area contributed by atoms with Crippen LogP contribution in [0.3, 0.4) is 0 Å². The normalized spacial score (nSPS) is 25.0. The van der Waals surface area contributed by atoms with Gasteiger partial charge >= 0.3 is 0 Å². The number of carbonyl (C=O) groups is 2. The van der Waals surface area contributed by atoms with E-state index >= 15 is 0 Å². The summed E-state index contributed by atoms with van der Waals surface area (Å²) in [4.78, 5) is 23.6. The summed E-state index contributed by atoms with van der Waals surface area (Å²) < 4.78 is 0. The molecule has 1 saturated heterocycles. The smallest absolute Gasteiger partial charge is 0.242 e. The highest BCUT2D eigenvalue weighted by molar-refractivity contribution is 5.83. The predicted octanol–water partition coefficient (Wildman–Crippen LogP) is -2.09. The highest BCUT2D eigenvalue weighted by Crippen LogP contribution is 2.07. The van der Waals surface area contributed by atoms with E-state index in [2.05, 4.69) is 10.6 Å². The lowest BCUT2D eigenvalue weighted by molar-refractivity contribution is -0.134. The minimum atomic E-state index is -0.531. The molecule has 2 amide bonds. The first-order chi connectivity index (χ1) is 7.02. The van der Waals surface area contributed by atoms with Crippen LogP contribution in [-0.2, 0) is 9.59 Å². The van der Waals surface area contributed by atoms with Gasteiger partial charge in [0, 0.05) is 27.1 Å². The highest BCUT2D eigenvalue weighted by Gasteiger charge is 2.30. The average Bonchev–Trinajstić information content (AvgIpc) is 2.59. The standard InChI is InChI=1S/C9H17N3O3/c1-6(13)11-5-9(15)12(2)7-3-10-4-8(7)14/h7-8,10,14H,3-5H2,1-2H3,(H,11,13). The monoisotopic (exact) mass is 215 g/mol. The summed E-state index contributed by atoms with van der Waals surface area (Å²) in [7, 11) is 1.63. The van der Waals surface area contributed by atoms with Gasteiger partial charge in [-0.3, -0.25) is 9.59 Å². The van der Waals surface area contributed by atoms with E-state index in [9.17, 15) is 14.7 Å². The van der Waals surface area contributed by atoms with Crippen molar-refractivity contribution in [2.45, 2.75) is 19.1 Å². The van der Waals surface area contributed by atoms with Gasteiger partial charge in [0.15, 0.2) is 0 Å². The fraction of sp³-hybridized carbons (Fsp3) is 0.778. The Morgan fingerprint density at radius 2 is 2.20 bits per heavy atom. The topological polar surface area (TPSA) is 81.7 Å². The zero-order chi connectivity index (χ0) is 11.4. The summed E-state index contributed by atoms with van der Waals surface area (Å²) in [6.45, 7) is 2.43. The van der Waals surface area contributed by atoms with E-state index in [1.807, 2.05) is 0 Å². The lowest BCUT2D eigenvalue weighted by Crippen LogP contribution is -2.47. The molecule has 0 saturated carbocycles. The molecule has 0 aromatic carbocycles. The second-order valence-electron chi connectivity index (χ2n) is 3.71. The molecule has 86 valence electrons. The van der Waals surface area contributed by atoms with E-state index in [-0.39, 0.29) is 24.4 Å². The zero-order valence-electron chi connectivity index (χ0n) is 8.99. The van der Waals surface area contributed by atoms with Crippen molar-refractivity contribution in [1.82, 2.24) is 15.5 Å². The molecule has 15 heavy (non-hydrogen) atoms. The van der Waals surface area contributed by atoms with Crippen molar-refractivity contribution in [3.8, 4) is 0 Å². The lowest BCUT2D eigenvalue weighted by atomic mass is 10.2. The molecule has 3 N–H and O–H groups in total. The Kier molecular flexibility index (Phi) is 4.05. The number of nitrogens with zero attached hydrogens (tertiary/aromatic N) is 1. The summed E-state index contributed by atoms with van der Waals surface area (Å²) in [5.41, 5.74) is 0. The second-order valence-corrected chi connectivity index (χ2v) is 3.71. The van der Waals surface area contributed by atoms with Crippen molar-refractivity contribution in [3.63, 3.8) is 0 Å². The molecule has 6 heteroatoms. The maximum atomic E-state index is 11.6. The van der Waals surface area contributed by atoms with Crippen LogP contribution in [0.1, 0.15) is 6.92 Å². The van der Waals surface area contributed by atoms with Gasteiger partial charge in [0.2, 0.25) is 11.8 Å². The van der Waals surface area contributed by atoms with Gasteiger partial charge in [0.05, 0.1) is 18.7 Å². The Morgan fingerprint density at radius 1 is 1.53 bits per heavy atom. The molecule has 0 aromatic heterocycles. The van der Waals surface area contributed by atoms with E-state index in [0.29, 0.717) is 13.1 Å². The van der Waals surface area contributed by atoms with Crippen molar-refractivity contribution in [2.75, 3.05) is 26.7 Å². The van der Waals surface area contributed by atoms with Crippen molar-refractivity contribution in [2.24, 2.45) is 0 Å². The molecular formula is C9H17N3O3. The quantitative estimate of drug-likeness (QED) is 0.504. The number of hydrogen-bond acceptors (Lipinski definition) is 4. The minimum Gasteiger partial charge on any atom is -0.390 e. The van der Waals surface area contributed by atoms with Gasteiger partial charge in [0.25, 0.3) is 0 Å². The summed E-state index contributed by atoms with van der Waals surface area (Å²) in [6, 6.07) is -0.203. The fourth-order valence-corrected chi connectivity index (χ4v) is 1.56. The number of β-amino-alcohol motifs (C(OH)–C–C–N with tert-alkyl or cyclic N) is 1. The van der Waals surface area contributed by atoms with Crippen molar-refractivity contribution in [1.29, 1.82) is 0 Å². The number of aliphatic hydroxyl groups is 1. The predicted molar refractivity (Wildman–Crippen MR) is 54.1 cm³/mol. The van der Waals surface area contributed by atoms with Crippen LogP contribution in [0, 0.1) is 0 Å². The van der Waals surface area contributed by atoms with Gasteiger partial charge in [-0.15, -0.1) is 0 Å². The SMILES string of the molecule is CC(=O)NCC(=O)N(C)C1CNCC1O. The van der Waals surface area contributed by atoms with E-state index in [1.165, 1.54) is 11.8 Å². The van der Waals surface area contributed by atoms with Crippen molar-refractivity contribution in [3.05, 3.63) is 0 Å². The van der Waals surface area contributed by atoms with Crippen LogP contribution in [0.5, 0.6) is 0 Å². The van der Waals surface area contributed by atoms with Crippen molar-refractivity contribution >= 4 is 11.8 Å². The molecule has 0 spiro atoms.